The molecule has 0 aliphatic carbocycles. The van der Waals surface area contributed by atoms with Gasteiger partial charge in [0.15, 0.2) is 11.5 Å². The molecule has 0 fully saturated rings. The Morgan fingerprint density at radius 2 is 1.64 bits per heavy atom. The summed E-state index contributed by atoms with van der Waals surface area (Å²) in [5.74, 6) is -3.00. The number of ether oxygens (including phenoxy) is 4. The van der Waals surface area contributed by atoms with Crippen LogP contribution in [0.5, 0.6) is 11.5 Å². The highest BCUT2D eigenvalue weighted by Crippen LogP contribution is 2.32. The van der Waals surface area contributed by atoms with E-state index in [4.69, 9.17) is 9.47 Å². The van der Waals surface area contributed by atoms with Crippen molar-refractivity contribution in [3.05, 3.63) is 23.8 Å². The lowest BCUT2D eigenvalue weighted by Crippen LogP contribution is -2.16. The molecule has 0 aromatic heterocycles. The Morgan fingerprint density at radius 1 is 1.00 bits per heavy atom. The van der Waals surface area contributed by atoms with Gasteiger partial charge in [-0.1, -0.05) is 6.07 Å². The zero-order valence-corrected chi connectivity index (χ0v) is 12.2. The Morgan fingerprint density at radius 3 is 2.18 bits per heavy atom. The van der Waals surface area contributed by atoms with Crippen LogP contribution in [0.3, 0.4) is 0 Å². The van der Waals surface area contributed by atoms with Gasteiger partial charge in [-0.15, -0.1) is 0 Å². The first-order valence-electron chi connectivity index (χ1n) is 6.24. The van der Waals surface area contributed by atoms with Gasteiger partial charge in [0, 0.05) is 13.8 Å². The number of para-hydroxylation sites is 1. The SMILES string of the molecule is CCOC(=O)OC(=O)c1cccc(OC(C)=O)c1OC(C)=O. The van der Waals surface area contributed by atoms with E-state index in [1.807, 2.05) is 0 Å². The fraction of sp³-hybridized carbons (Fsp3) is 0.286. The van der Waals surface area contributed by atoms with Gasteiger partial charge >= 0.3 is 24.1 Å². The monoisotopic (exact) mass is 310 g/mol. The Hall–Kier alpha value is -2.90. The minimum atomic E-state index is -1.20. The van der Waals surface area contributed by atoms with Crippen LogP contribution in [0, 0.1) is 0 Å². The number of carbonyl (C=O) groups is 4. The van der Waals surface area contributed by atoms with Crippen LogP contribution in [-0.4, -0.2) is 30.7 Å². The molecule has 1 rings (SSSR count). The minimum Gasteiger partial charge on any atom is -0.434 e. The van der Waals surface area contributed by atoms with Gasteiger partial charge < -0.3 is 18.9 Å². The molecule has 8 heteroatoms. The van der Waals surface area contributed by atoms with E-state index in [2.05, 4.69) is 9.47 Å². The lowest BCUT2D eigenvalue weighted by molar-refractivity contribution is -0.134. The average Bonchev–Trinajstić information content (AvgIpc) is 2.39. The maximum atomic E-state index is 11.9. The third kappa shape index (κ3) is 4.89. The largest absolute Gasteiger partial charge is 0.516 e. The molecule has 0 aliphatic heterocycles. The molecule has 0 atom stereocenters. The molecule has 22 heavy (non-hydrogen) atoms. The second-order valence-electron chi connectivity index (χ2n) is 3.89. The smallest absolute Gasteiger partial charge is 0.434 e. The van der Waals surface area contributed by atoms with Crippen molar-refractivity contribution >= 4 is 24.1 Å². The van der Waals surface area contributed by atoms with E-state index in [0.29, 0.717) is 0 Å². The molecule has 0 spiro atoms. The van der Waals surface area contributed by atoms with Crippen LogP contribution < -0.4 is 9.47 Å². The van der Waals surface area contributed by atoms with E-state index < -0.39 is 24.1 Å². The first kappa shape index (κ1) is 17.2. The molecule has 0 heterocycles. The minimum absolute atomic E-state index is 0.0242. The van der Waals surface area contributed by atoms with Crippen LogP contribution in [0.15, 0.2) is 18.2 Å². The van der Waals surface area contributed by atoms with Crippen LogP contribution in [0.1, 0.15) is 31.1 Å². The van der Waals surface area contributed by atoms with Crippen LogP contribution in [0.2, 0.25) is 0 Å². The summed E-state index contributed by atoms with van der Waals surface area (Å²) >= 11 is 0. The van der Waals surface area contributed by atoms with Crippen molar-refractivity contribution in [2.75, 3.05) is 6.61 Å². The molecule has 0 unspecified atom stereocenters. The summed E-state index contributed by atoms with van der Waals surface area (Å²) < 4.78 is 18.6. The van der Waals surface area contributed by atoms with Crippen LogP contribution in [-0.2, 0) is 19.1 Å². The van der Waals surface area contributed by atoms with Crippen LogP contribution in [0.4, 0.5) is 4.79 Å². The highest BCUT2D eigenvalue weighted by molar-refractivity contribution is 5.99. The van der Waals surface area contributed by atoms with Crippen molar-refractivity contribution in [1.82, 2.24) is 0 Å². The maximum Gasteiger partial charge on any atom is 0.516 e. The second kappa shape index (κ2) is 7.77. The van der Waals surface area contributed by atoms with E-state index >= 15 is 0 Å². The quantitative estimate of drug-likeness (QED) is 0.471. The number of carbonyl (C=O) groups excluding carboxylic acids is 4. The molecule has 118 valence electrons. The molecule has 1 aromatic carbocycles. The fourth-order valence-corrected chi connectivity index (χ4v) is 1.44. The molecule has 0 amide bonds. The van der Waals surface area contributed by atoms with Gasteiger partial charge in [-0.3, -0.25) is 9.59 Å². The van der Waals surface area contributed by atoms with Crippen molar-refractivity contribution in [2.45, 2.75) is 20.8 Å². The van der Waals surface area contributed by atoms with Gasteiger partial charge in [0.1, 0.15) is 5.56 Å². The molecule has 8 nitrogen and oxygen atoms in total. The van der Waals surface area contributed by atoms with Gasteiger partial charge in [0.2, 0.25) is 0 Å². The first-order chi connectivity index (χ1) is 10.3. The third-order valence-corrected chi connectivity index (χ3v) is 2.14. The summed E-state index contributed by atoms with van der Waals surface area (Å²) in [6.07, 6.45) is -1.20. The summed E-state index contributed by atoms with van der Waals surface area (Å²) in [7, 11) is 0. The Labute approximate surface area is 125 Å². The van der Waals surface area contributed by atoms with Gasteiger partial charge in [-0.05, 0) is 19.1 Å². The molecule has 0 N–H and O–H groups in total. The van der Waals surface area contributed by atoms with Gasteiger partial charge in [0.25, 0.3) is 0 Å². The van der Waals surface area contributed by atoms with Crippen molar-refractivity contribution in [2.24, 2.45) is 0 Å². The molecule has 0 saturated heterocycles. The van der Waals surface area contributed by atoms with E-state index in [1.165, 1.54) is 25.1 Å². The van der Waals surface area contributed by atoms with E-state index in [9.17, 15) is 19.2 Å². The molecule has 1 aromatic rings. The fourth-order valence-electron chi connectivity index (χ4n) is 1.44. The van der Waals surface area contributed by atoms with Gasteiger partial charge in [0.05, 0.1) is 6.61 Å². The Balaban J connectivity index is 3.16. The molecule has 0 radical (unpaired) electrons. The lowest BCUT2D eigenvalue weighted by atomic mass is 10.2. The van der Waals surface area contributed by atoms with Gasteiger partial charge in [-0.25, -0.2) is 9.59 Å². The zero-order chi connectivity index (χ0) is 16.7. The normalized spacial score (nSPS) is 9.59. The number of rotatable bonds is 4. The summed E-state index contributed by atoms with van der Waals surface area (Å²) in [5, 5.41) is 0. The van der Waals surface area contributed by atoms with Crippen molar-refractivity contribution in [3.8, 4) is 11.5 Å². The number of hydrogen-bond acceptors (Lipinski definition) is 8. The van der Waals surface area contributed by atoms with Crippen molar-refractivity contribution in [3.63, 3.8) is 0 Å². The summed E-state index contributed by atoms with van der Waals surface area (Å²) in [4.78, 5) is 45.3. The third-order valence-electron chi connectivity index (χ3n) is 2.14. The lowest BCUT2D eigenvalue weighted by Gasteiger charge is -2.12. The average molecular weight is 310 g/mol. The van der Waals surface area contributed by atoms with E-state index in [0.717, 1.165) is 13.8 Å². The van der Waals surface area contributed by atoms with Crippen LogP contribution in [0.25, 0.3) is 0 Å². The van der Waals surface area contributed by atoms with E-state index in [1.54, 1.807) is 0 Å². The Kier molecular flexibility index (Phi) is 6.06. The van der Waals surface area contributed by atoms with Crippen molar-refractivity contribution < 1.29 is 38.1 Å². The number of hydrogen-bond donors (Lipinski definition) is 0. The molecular formula is C14H14O8. The first-order valence-corrected chi connectivity index (χ1v) is 6.24. The maximum absolute atomic E-state index is 11.9. The van der Waals surface area contributed by atoms with E-state index in [-0.39, 0.29) is 23.7 Å². The topological polar surface area (TPSA) is 105 Å². The molecular weight excluding hydrogens is 296 g/mol. The summed E-state index contributed by atoms with van der Waals surface area (Å²) in [6.45, 7) is 3.81. The Bertz CT molecular complexity index is 605. The molecule has 0 saturated carbocycles. The number of benzene rings is 1. The zero-order valence-electron chi connectivity index (χ0n) is 12.2. The highest BCUT2D eigenvalue weighted by atomic mass is 16.7. The van der Waals surface area contributed by atoms with Crippen molar-refractivity contribution in [1.29, 1.82) is 0 Å². The standard InChI is InChI=1S/C14H14O8/c1-4-19-14(18)22-13(17)10-6-5-7-11(20-8(2)15)12(10)21-9(3)16/h5-7H,4H2,1-3H3. The molecule has 0 aliphatic rings. The highest BCUT2D eigenvalue weighted by Gasteiger charge is 2.23. The number of esters is 3. The second-order valence-corrected chi connectivity index (χ2v) is 3.89. The predicted octanol–water partition coefficient (Wildman–Crippen LogP) is 1.85. The summed E-state index contributed by atoms with van der Waals surface area (Å²) in [6, 6.07) is 3.93. The summed E-state index contributed by atoms with van der Waals surface area (Å²) in [5.41, 5.74) is -0.262. The van der Waals surface area contributed by atoms with Crippen LogP contribution >= 0.6 is 0 Å². The predicted molar refractivity (Wildman–Crippen MR) is 71.5 cm³/mol. The molecule has 0 bridgehead atoms. The van der Waals surface area contributed by atoms with Gasteiger partial charge in [-0.2, -0.15) is 0 Å².